The molecule has 10 nitrogen and oxygen atoms in total. The number of likely N-dealkylation sites (N-methyl/N-ethyl adjacent to an activating group) is 1. The van der Waals surface area contributed by atoms with Crippen molar-refractivity contribution in [1.82, 2.24) is 30.1 Å². The van der Waals surface area contributed by atoms with E-state index in [2.05, 4.69) is 37.8 Å². The van der Waals surface area contributed by atoms with E-state index in [-0.39, 0.29) is 18.6 Å². The van der Waals surface area contributed by atoms with Gasteiger partial charge in [0.1, 0.15) is 17.3 Å². The number of aliphatic hydroxyl groups is 1. The summed E-state index contributed by atoms with van der Waals surface area (Å²) >= 11 is 0. The van der Waals surface area contributed by atoms with Gasteiger partial charge in [0.2, 0.25) is 5.82 Å². The van der Waals surface area contributed by atoms with Crippen LogP contribution in [0.15, 0.2) is 30.3 Å². The minimum Gasteiger partial charge on any atom is -0.496 e. The van der Waals surface area contributed by atoms with Gasteiger partial charge in [-0.05, 0) is 66.2 Å². The Balaban J connectivity index is 1.61. The first-order chi connectivity index (χ1) is 15.0. The molecule has 1 aliphatic rings. The SMILES string of the molecule is COc1cc2c(cc1C(=O)Nc1cccc(-c3nnnn3[C@H](C)CO)n1)CN(C)CC2. The molecule has 0 aliphatic carbocycles. The molecule has 1 aliphatic heterocycles. The number of nitrogens with zero attached hydrogens (tertiary/aromatic N) is 6. The van der Waals surface area contributed by atoms with Gasteiger partial charge in [0.05, 0.1) is 25.3 Å². The van der Waals surface area contributed by atoms with Crippen molar-refractivity contribution in [3.8, 4) is 17.3 Å². The Labute approximate surface area is 179 Å². The standard InChI is InChI=1S/C21H25N7O3/c1-13(12-29)28-20(24-25-26-28)17-5-4-6-19(22-17)23-21(30)16-9-15-11-27(2)8-7-14(15)10-18(16)31-3/h4-6,9-10,13,29H,7-8,11-12H2,1-3H3,(H,22,23,30)/t13-/m1/s1. The monoisotopic (exact) mass is 423 g/mol. The zero-order valence-corrected chi connectivity index (χ0v) is 17.7. The van der Waals surface area contributed by atoms with E-state index < -0.39 is 0 Å². The molecule has 10 heteroatoms. The van der Waals surface area contributed by atoms with Crippen molar-refractivity contribution in [2.24, 2.45) is 0 Å². The number of hydrogen-bond donors (Lipinski definition) is 2. The van der Waals surface area contributed by atoms with Gasteiger partial charge in [-0.15, -0.1) is 5.10 Å². The summed E-state index contributed by atoms with van der Waals surface area (Å²) in [6.45, 7) is 3.46. The lowest BCUT2D eigenvalue weighted by molar-refractivity contribution is 0.102. The van der Waals surface area contributed by atoms with E-state index in [9.17, 15) is 9.90 Å². The van der Waals surface area contributed by atoms with E-state index in [1.807, 2.05) is 12.1 Å². The maximum atomic E-state index is 13.1. The van der Waals surface area contributed by atoms with Crippen LogP contribution in [0.4, 0.5) is 5.82 Å². The molecular formula is C21H25N7O3. The van der Waals surface area contributed by atoms with Crippen LogP contribution in [0.25, 0.3) is 11.5 Å². The van der Waals surface area contributed by atoms with Crippen molar-refractivity contribution in [2.45, 2.75) is 25.9 Å². The second-order valence-corrected chi connectivity index (χ2v) is 7.65. The highest BCUT2D eigenvalue weighted by atomic mass is 16.5. The summed E-state index contributed by atoms with van der Waals surface area (Å²) in [6.07, 6.45) is 0.925. The number of hydrogen-bond acceptors (Lipinski definition) is 8. The molecule has 4 rings (SSSR count). The van der Waals surface area contributed by atoms with E-state index in [0.717, 1.165) is 25.1 Å². The van der Waals surface area contributed by atoms with Crippen LogP contribution in [0.1, 0.15) is 34.5 Å². The second kappa shape index (κ2) is 8.78. The first kappa shape index (κ1) is 20.9. The van der Waals surface area contributed by atoms with Crippen molar-refractivity contribution >= 4 is 11.7 Å². The number of rotatable bonds is 6. The minimum absolute atomic E-state index is 0.109. The number of tetrazole rings is 1. The molecule has 162 valence electrons. The fourth-order valence-electron chi connectivity index (χ4n) is 3.62. The summed E-state index contributed by atoms with van der Waals surface area (Å²) in [5.74, 6) is 1.01. The van der Waals surface area contributed by atoms with Gasteiger partial charge >= 0.3 is 0 Å². The van der Waals surface area contributed by atoms with Crippen molar-refractivity contribution in [3.63, 3.8) is 0 Å². The summed E-state index contributed by atoms with van der Waals surface area (Å²) in [5.41, 5.74) is 3.28. The number of benzene rings is 1. The summed E-state index contributed by atoms with van der Waals surface area (Å²) in [7, 11) is 3.63. The molecule has 1 aromatic carbocycles. The maximum Gasteiger partial charge on any atom is 0.260 e. The van der Waals surface area contributed by atoms with Gasteiger partial charge in [0.15, 0.2) is 0 Å². The lowest BCUT2D eigenvalue weighted by Gasteiger charge is -2.26. The Morgan fingerprint density at radius 2 is 2.16 bits per heavy atom. The molecule has 0 saturated carbocycles. The normalized spacial score (nSPS) is 14.7. The second-order valence-electron chi connectivity index (χ2n) is 7.65. The molecule has 3 aromatic rings. The number of nitrogens with one attached hydrogen (secondary N) is 1. The number of fused-ring (bicyclic) bond motifs is 1. The quantitative estimate of drug-likeness (QED) is 0.613. The van der Waals surface area contributed by atoms with Gasteiger partial charge < -0.3 is 20.1 Å². The van der Waals surface area contributed by atoms with Gasteiger partial charge in [0, 0.05) is 13.1 Å². The van der Waals surface area contributed by atoms with Crippen molar-refractivity contribution in [3.05, 3.63) is 47.0 Å². The predicted octanol–water partition coefficient (Wildman–Crippen LogP) is 1.54. The molecule has 0 saturated heterocycles. The highest BCUT2D eigenvalue weighted by Gasteiger charge is 2.21. The van der Waals surface area contributed by atoms with Gasteiger partial charge in [-0.2, -0.15) is 0 Å². The molecule has 0 unspecified atom stereocenters. The summed E-state index contributed by atoms with van der Waals surface area (Å²) in [6, 6.07) is 8.75. The number of aliphatic hydroxyl groups excluding tert-OH is 1. The molecule has 0 bridgehead atoms. The van der Waals surface area contributed by atoms with Gasteiger partial charge in [0.25, 0.3) is 5.91 Å². The molecular weight excluding hydrogens is 398 g/mol. The third kappa shape index (κ3) is 4.25. The van der Waals surface area contributed by atoms with Crippen LogP contribution in [0.3, 0.4) is 0 Å². The van der Waals surface area contributed by atoms with Crippen LogP contribution in [0.5, 0.6) is 5.75 Å². The number of ether oxygens (including phenoxy) is 1. The van der Waals surface area contributed by atoms with E-state index in [0.29, 0.717) is 28.6 Å². The van der Waals surface area contributed by atoms with E-state index in [1.165, 1.54) is 10.2 Å². The largest absolute Gasteiger partial charge is 0.496 e. The van der Waals surface area contributed by atoms with Crippen molar-refractivity contribution in [2.75, 3.05) is 32.6 Å². The van der Waals surface area contributed by atoms with E-state index in [1.54, 1.807) is 32.2 Å². The van der Waals surface area contributed by atoms with Crippen LogP contribution in [-0.2, 0) is 13.0 Å². The Bertz CT molecular complexity index is 1100. The highest BCUT2D eigenvalue weighted by molar-refractivity contribution is 6.06. The maximum absolute atomic E-state index is 13.1. The average molecular weight is 423 g/mol. The number of carbonyl (C=O) groups excluding carboxylic acids is 1. The summed E-state index contributed by atoms with van der Waals surface area (Å²) in [5, 5.41) is 23.9. The summed E-state index contributed by atoms with van der Waals surface area (Å²) < 4.78 is 6.98. The van der Waals surface area contributed by atoms with Crippen LogP contribution in [-0.4, -0.2) is 68.4 Å². The predicted molar refractivity (Wildman–Crippen MR) is 114 cm³/mol. The van der Waals surface area contributed by atoms with Crippen LogP contribution < -0.4 is 10.1 Å². The van der Waals surface area contributed by atoms with Crippen LogP contribution >= 0.6 is 0 Å². The lowest BCUT2D eigenvalue weighted by atomic mass is 9.96. The molecule has 0 radical (unpaired) electrons. The fraction of sp³-hybridized carbons (Fsp3) is 0.381. The minimum atomic E-state index is -0.305. The van der Waals surface area contributed by atoms with Gasteiger partial charge in [-0.3, -0.25) is 4.79 Å². The molecule has 1 amide bonds. The number of anilines is 1. The van der Waals surface area contributed by atoms with Gasteiger partial charge in [-0.1, -0.05) is 6.07 Å². The number of aromatic nitrogens is 5. The third-order valence-corrected chi connectivity index (χ3v) is 5.36. The molecule has 3 heterocycles. The Morgan fingerprint density at radius 3 is 2.94 bits per heavy atom. The van der Waals surface area contributed by atoms with Crippen LogP contribution in [0, 0.1) is 0 Å². The van der Waals surface area contributed by atoms with E-state index >= 15 is 0 Å². The molecule has 0 fully saturated rings. The van der Waals surface area contributed by atoms with Crippen LogP contribution in [0.2, 0.25) is 0 Å². The number of carbonyl (C=O) groups is 1. The number of pyridine rings is 1. The Hall–Kier alpha value is -3.37. The smallest absolute Gasteiger partial charge is 0.260 e. The van der Waals surface area contributed by atoms with Crippen molar-refractivity contribution in [1.29, 1.82) is 0 Å². The first-order valence-electron chi connectivity index (χ1n) is 10.1. The molecule has 1 atom stereocenters. The third-order valence-electron chi connectivity index (χ3n) is 5.36. The van der Waals surface area contributed by atoms with E-state index in [4.69, 9.17) is 4.74 Å². The molecule has 31 heavy (non-hydrogen) atoms. The highest BCUT2D eigenvalue weighted by Crippen LogP contribution is 2.28. The Kier molecular flexibility index (Phi) is 5.92. The lowest BCUT2D eigenvalue weighted by Crippen LogP contribution is -2.27. The molecule has 2 N–H and O–H groups in total. The Morgan fingerprint density at radius 1 is 1.32 bits per heavy atom. The van der Waals surface area contributed by atoms with Crippen molar-refractivity contribution < 1.29 is 14.6 Å². The fourth-order valence-corrected chi connectivity index (χ4v) is 3.62. The topological polar surface area (TPSA) is 118 Å². The summed E-state index contributed by atoms with van der Waals surface area (Å²) in [4.78, 5) is 19.8. The van der Waals surface area contributed by atoms with Gasteiger partial charge in [-0.25, -0.2) is 9.67 Å². The zero-order valence-electron chi connectivity index (χ0n) is 17.7. The molecule has 2 aromatic heterocycles. The molecule has 0 spiro atoms. The zero-order chi connectivity index (χ0) is 22.0. The first-order valence-corrected chi connectivity index (χ1v) is 10.1. The number of amides is 1. The average Bonchev–Trinajstić information content (AvgIpc) is 3.27. The number of methoxy groups -OCH3 is 1.